The van der Waals surface area contributed by atoms with Gasteiger partial charge in [-0.05, 0) is 60.7 Å². The zero-order chi connectivity index (χ0) is 14.8. The summed E-state index contributed by atoms with van der Waals surface area (Å²) in [6, 6.07) is 22.2. The lowest BCUT2D eigenvalue weighted by Gasteiger charge is -2.13. The molecule has 0 aromatic heterocycles. The molecule has 0 atom stereocenters. The fourth-order valence-electron chi connectivity index (χ4n) is 2.82. The van der Waals surface area contributed by atoms with Gasteiger partial charge in [0, 0.05) is 11.7 Å². The normalized spacial score (nSPS) is 11.0. The predicted molar refractivity (Wildman–Crippen MR) is 92.0 cm³/mol. The highest BCUT2D eigenvalue weighted by atomic mass is 14.9. The molecule has 0 saturated carbocycles. The SMILES string of the molecule is Cc1cc(NC(C)C)cc(-c2ccc3cccccc2-3)c1. The van der Waals surface area contributed by atoms with Gasteiger partial charge in [-0.25, -0.2) is 0 Å². The number of hydrogen-bond acceptors (Lipinski definition) is 1. The molecule has 2 aliphatic carbocycles. The second-order valence-corrected chi connectivity index (χ2v) is 5.91. The summed E-state index contributed by atoms with van der Waals surface area (Å²) in [6.45, 7) is 6.49. The minimum atomic E-state index is 0.439. The summed E-state index contributed by atoms with van der Waals surface area (Å²) >= 11 is 0. The van der Waals surface area contributed by atoms with Crippen molar-refractivity contribution in [3.63, 3.8) is 0 Å². The third-order valence-corrected chi connectivity index (χ3v) is 3.64. The Labute approximate surface area is 127 Å². The van der Waals surface area contributed by atoms with Gasteiger partial charge in [-0.3, -0.25) is 0 Å². The van der Waals surface area contributed by atoms with Crippen molar-refractivity contribution >= 4 is 5.69 Å². The highest BCUT2D eigenvalue weighted by Crippen LogP contribution is 2.36. The van der Waals surface area contributed by atoms with E-state index in [1.54, 1.807) is 0 Å². The van der Waals surface area contributed by atoms with Crippen LogP contribution in [-0.2, 0) is 0 Å². The Morgan fingerprint density at radius 2 is 1.52 bits per heavy atom. The maximum atomic E-state index is 3.50. The molecule has 1 aromatic carbocycles. The summed E-state index contributed by atoms with van der Waals surface area (Å²) in [5.41, 5.74) is 7.65. The minimum absolute atomic E-state index is 0.439. The van der Waals surface area contributed by atoms with E-state index >= 15 is 0 Å². The molecule has 1 nitrogen and oxygen atoms in total. The summed E-state index contributed by atoms with van der Waals surface area (Å²) < 4.78 is 0. The van der Waals surface area contributed by atoms with Gasteiger partial charge in [0.2, 0.25) is 0 Å². The third-order valence-electron chi connectivity index (χ3n) is 3.64. The van der Waals surface area contributed by atoms with Crippen LogP contribution in [0, 0.1) is 6.92 Å². The summed E-state index contributed by atoms with van der Waals surface area (Å²) in [5.74, 6) is 0. The van der Waals surface area contributed by atoms with Crippen LogP contribution in [0.1, 0.15) is 19.4 Å². The van der Waals surface area contributed by atoms with Crippen molar-refractivity contribution in [1.29, 1.82) is 0 Å². The molecule has 1 N–H and O–H groups in total. The third kappa shape index (κ3) is 2.92. The number of hydrogen-bond donors (Lipinski definition) is 1. The molecule has 3 rings (SSSR count). The lowest BCUT2D eigenvalue weighted by atomic mass is 10.00. The molecule has 0 aliphatic heterocycles. The van der Waals surface area contributed by atoms with Gasteiger partial charge in [-0.1, -0.05) is 48.5 Å². The zero-order valence-electron chi connectivity index (χ0n) is 12.9. The molecule has 0 radical (unpaired) electrons. The van der Waals surface area contributed by atoms with E-state index in [9.17, 15) is 0 Å². The Morgan fingerprint density at radius 3 is 2.33 bits per heavy atom. The van der Waals surface area contributed by atoms with Crippen molar-refractivity contribution in [2.45, 2.75) is 26.8 Å². The monoisotopic (exact) mass is 275 g/mol. The molecule has 1 aromatic rings. The summed E-state index contributed by atoms with van der Waals surface area (Å²) in [5, 5.41) is 3.50. The van der Waals surface area contributed by atoms with E-state index < -0.39 is 0 Å². The number of nitrogens with one attached hydrogen (secondary N) is 1. The minimum Gasteiger partial charge on any atom is -0.383 e. The average Bonchev–Trinajstić information content (AvgIpc) is 2.66. The van der Waals surface area contributed by atoms with Gasteiger partial charge in [-0.2, -0.15) is 0 Å². The summed E-state index contributed by atoms with van der Waals surface area (Å²) in [6.07, 6.45) is 0. The molecule has 0 spiro atoms. The highest BCUT2D eigenvalue weighted by Gasteiger charge is 2.11. The van der Waals surface area contributed by atoms with E-state index in [0.717, 1.165) is 0 Å². The Kier molecular flexibility index (Phi) is 3.66. The molecule has 0 unspecified atom stereocenters. The molecule has 2 aliphatic rings. The van der Waals surface area contributed by atoms with Gasteiger partial charge >= 0.3 is 0 Å². The summed E-state index contributed by atoms with van der Waals surface area (Å²) in [7, 11) is 0. The first kappa shape index (κ1) is 13.7. The van der Waals surface area contributed by atoms with Crippen molar-refractivity contribution in [1.82, 2.24) is 0 Å². The van der Waals surface area contributed by atoms with Gasteiger partial charge in [0.05, 0.1) is 0 Å². The van der Waals surface area contributed by atoms with Crippen LogP contribution in [-0.4, -0.2) is 6.04 Å². The first-order valence-electron chi connectivity index (χ1n) is 7.50. The zero-order valence-corrected chi connectivity index (χ0v) is 12.9. The molecule has 0 bridgehead atoms. The van der Waals surface area contributed by atoms with Gasteiger partial charge in [0.1, 0.15) is 0 Å². The fraction of sp³-hybridized carbons (Fsp3) is 0.200. The Bertz CT molecular complexity index is 728. The number of aryl methyl sites for hydroxylation is 1. The van der Waals surface area contributed by atoms with Crippen molar-refractivity contribution in [2.24, 2.45) is 0 Å². The van der Waals surface area contributed by atoms with Crippen molar-refractivity contribution in [2.75, 3.05) is 5.32 Å². The maximum Gasteiger partial charge on any atom is 0.0351 e. The van der Waals surface area contributed by atoms with E-state index in [-0.39, 0.29) is 0 Å². The summed E-state index contributed by atoms with van der Waals surface area (Å²) in [4.78, 5) is 0. The lowest BCUT2D eigenvalue weighted by Crippen LogP contribution is -2.09. The second-order valence-electron chi connectivity index (χ2n) is 5.91. The molecule has 106 valence electrons. The van der Waals surface area contributed by atoms with Crippen LogP contribution in [0.4, 0.5) is 5.69 Å². The maximum absolute atomic E-state index is 3.50. The van der Waals surface area contributed by atoms with Gasteiger partial charge in [-0.15, -0.1) is 0 Å². The quantitative estimate of drug-likeness (QED) is 0.657. The topological polar surface area (TPSA) is 12.0 Å². The highest BCUT2D eigenvalue weighted by molar-refractivity contribution is 5.87. The molecular weight excluding hydrogens is 254 g/mol. The first-order valence-corrected chi connectivity index (χ1v) is 7.50. The van der Waals surface area contributed by atoms with Crippen molar-refractivity contribution in [3.8, 4) is 22.3 Å². The standard InChI is InChI=1S/C20H21N/c1-14(2)21-18-12-15(3)11-17(13-18)20-10-9-16-7-5-4-6-8-19(16)20/h4-14,21H,1-3H3. The first-order chi connectivity index (χ1) is 10.1. The Hall–Kier alpha value is -2.28. The van der Waals surface area contributed by atoms with E-state index in [0.29, 0.717) is 6.04 Å². The average molecular weight is 275 g/mol. The van der Waals surface area contributed by atoms with Gasteiger partial charge in [0.25, 0.3) is 0 Å². The van der Waals surface area contributed by atoms with Gasteiger partial charge < -0.3 is 5.32 Å². The molecule has 0 heterocycles. The molecule has 0 fully saturated rings. The Balaban J connectivity index is 2.09. The number of fused-ring (bicyclic) bond motifs is 1. The van der Waals surface area contributed by atoms with Crippen LogP contribution < -0.4 is 5.32 Å². The van der Waals surface area contributed by atoms with Crippen LogP contribution >= 0.6 is 0 Å². The van der Waals surface area contributed by atoms with Crippen molar-refractivity contribution < 1.29 is 0 Å². The van der Waals surface area contributed by atoms with Gasteiger partial charge in [0.15, 0.2) is 0 Å². The Morgan fingerprint density at radius 1 is 0.762 bits per heavy atom. The molecule has 21 heavy (non-hydrogen) atoms. The number of rotatable bonds is 3. The largest absolute Gasteiger partial charge is 0.383 e. The van der Waals surface area contributed by atoms with Crippen LogP contribution in [0.3, 0.4) is 0 Å². The van der Waals surface area contributed by atoms with Crippen LogP contribution in [0.15, 0.2) is 60.7 Å². The fourth-order valence-corrected chi connectivity index (χ4v) is 2.82. The predicted octanol–water partition coefficient (Wildman–Crippen LogP) is 5.59. The van der Waals surface area contributed by atoms with E-state index in [4.69, 9.17) is 0 Å². The molecule has 0 amide bonds. The van der Waals surface area contributed by atoms with E-state index in [2.05, 4.69) is 86.8 Å². The van der Waals surface area contributed by atoms with Crippen LogP contribution in [0.25, 0.3) is 22.3 Å². The molecule has 1 heteroatoms. The van der Waals surface area contributed by atoms with E-state index in [1.165, 1.54) is 33.5 Å². The molecular formula is C20H21N. The second kappa shape index (κ2) is 5.61. The number of benzene rings is 1. The smallest absolute Gasteiger partial charge is 0.0351 e. The molecule has 0 saturated heterocycles. The van der Waals surface area contributed by atoms with E-state index in [1.807, 2.05) is 0 Å². The van der Waals surface area contributed by atoms with Crippen LogP contribution in [0.5, 0.6) is 0 Å². The van der Waals surface area contributed by atoms with Crippen molar-refractivity contribution in [3.05, 3.63) is 66.2 Å². The van der Waals surface area contributed by atoms with Crippen LogP contribution in [0.2, 0.25) is 0 Å². The number of anilines is 1. The lowest BCUT2D eigenvalue weighted by molar-refractivity contribution is 0.899.